The monoisotopic (exact) mass is 264 g/mol. The molecule has 1 fully saturated rings. The first-order valence-electron chi connectivity index (χ1n) is 7.16. The van der Waals surface area contributed by atoms with E-state index in [0.29, 0.717) is 25.1 Å². The Labute approximate surface area is 115 Å². The van der Waals surface area contributed by atoms with Crippen LogP contribution < -0.4 is 15.4 Å². The molecule has 1 saturated heterocycles. The van der Waals surface area contributed by atoms with Crippen LogP contribution in [0.25, 0.3) is 0 Å². The van der Waals surface area contributed by atoms with Crippen LogP contribution in [-0.2, 0) is 0 Å². The molecule has 5 heteroatoms. The van der Waals surface area contributed by atoms with Gasteiger partial charge in [0.05, 0.1) is 6.61 Å². The predicted molar refractivity (Wildman–Crippen MR) is 76.4 cm³/mol. The first kappa shape index (κ1) is 14.1. The highest BCUT2D eigenvalue weighted by Gasteiger charge is 2.26. The normalized spacial score (nSPS) is 23.4. The number of hydrogen-bond donors (Lipinski definition) is 1. The Morgan fingerprint density at radius 1 is 1.47 bits per heavy atom. The summed E-state index contributed by atoms with van der Waals surface area (Å²) < 4.78 is 5.57. The largest absolute Gasteiger partial charge is 0.478 e. The number of rotatable bonds is 5. The predicted octanol–water partition coefficient (Wildman–Crippen LogP) is 1.83. The minimum Gasteiger partial charge on any atom is -0.478 e. The van der Waals surface area contributed by atoms with Gasteiger partial charge in [-0.05, 0) is 25.2 Å². The molecule has 106 valence electrons. The summed E-state index contributed by atoms with van der Waals surface area (Å²) in [4.78, 5) is 10.8. The van der Waals surface area contributed by atoms with Crippen LogP contribution in [0.2, 0.25) is 0 Å². The highest BCUT2D eigenvalue weighted by Crippen LogP contribution is 2.27. The quantitative estimate of drug-likeness (QED) is 0.879. The molecule has 0 spiro atoms. The third-order valence-corrected chi connectivity index (χ3v) is 3.63. The van der Waals surface area contributed by atoms with Crippen molar-refractivity contribution in [2.24, 2.45) is 11.7 Å². The van der Waals surface area contributed by atoms with E-state index in [0.717, 1.165) is 31.1 Å². The molecule has 0 radical (unpaired) electrons. The smallest absolute Gasteiger partial charge is 0.218 e. The highest BCUT2D eigenvalue weighted by molar-refractivity contribution is 5.42. The molecule has 5 nitrogen and oxygen atoms in total. The Balaban J connectivity index is 2.11. The maximum atomic E-state index is 5.90. The number of piperidine rings is 1. The maximum absolute atomic E-state index is 5.90. The van der Waals surface area contributed by atoms with Gasteiger partial charge >= 0.3 is 0 Å². The fraction of sp³-hybridized carbons (Fsp3) is 0.714. The van der Waals surface area contributed by atoms with Gasteiger partial charge in [0.25, 0.3) is 0 Å². The van der Waals surface area contributed by atoms with Crippen LogP contribution in [0.15, 0.2) is 12.4 Å². The summed E-state index contributed by atoms with van der Waals surface area (Å²) in [6.07, 6.45) is 4.87. The van der Waals surface area contributed by atoms with Gasteiger partial charge in [-0.25, -0.2) is 9.97 Å². The SMILES string of the molecule is CCCOc1cc(N2CCC(C)CC2CN)ncn1. The summed E-state index contributed by atoms with van der Waals surface area (Å²) in [6.45, 7) is 6.73. The molecule has 0 aliphatic carbocycles. The molecule has 0 bridgehead atoms. The average Bonchev–Trinajstić information content (AvgIpc) is 2.45. The van der Waals surface area contributed by atoms with Gasteiger partial charge in [0.15, 0.2) is 0 Å². The molecule has 19 heavy (non-hydrogen) atoms. The van der Waals surface area contributed by atoms with Crippen LogP contribution in [0.1, 0.15) is 33.1 Å². The van der Waals surface area contributed by atoms with E-state index < -0.39 is 0 Å². The van der Waals surface area contributed by atoms with Crippen molar-refractivity contribution in [2.45, 2.75) is 39.2 Å². The standard InChI is InChI=1S/C14H24N4O/c1-3-6-19-14-8-13(16-10-17-14)18-5-4-11(2)7-12(18)9-15/h8,10-12H,3-7,9,15H2,1-2H3. The van der Waals surface area contributed by atoms with E-state index in [1.54, 1.807) is 6.33 Å². The lowest BCUT2D eigenvalue weighted by atomic mass is 9.92. The Morgan fingerprint density at radius 2 is 2.32 bits per heavy atom. The molecule has 0 aromatic carbocycles. The first-order valence-corrected chi connectivity index (χ1v) is 7.16. The molecule has 1 aromatic rings. The highest BCUT2D eigenvalue weighted by atomic mass is 16.5. The molecule has 1 aliphatic heterocycles. The zero-order valence-electron chi connectivity index (χ0n) is 11.9. The van der Waals surface area contributed by atoms with E-state index in [-0.39, 0.29) is 0 Å². The Morgan fingerprint density at radius 3 is 3.05 bits per heavy atom. The van der Waals surface area contributed by atoms with Crippen LogP contribution in [0, 0.1) is 5.92 Å². The fourth-order valence-corrected chi connectivity index (χ4v) is 2.55. The van der Waals surface area contributed by atoms with Crippen LogP contribution in [-0.4, -0.2) is 35.7 Å². The third kappa shape index (κ3) is 3.56. The second-order valence-corrected chi connectivity index (χ2v) is 5.28. The molecule has 2 atom stereocenters. The molecule has 1 aromatic heterocycles. The Bertz CT molecular complexity index is 399. The number of ether oxygens (including phenoxy) is 1. The van der Waals surface area contributed by atoms with Gasteiger partial charge in [-0.1, -0.05) is 13.8 Å². The van der Waals surface area contributed by atoms with Crippen molar-refractivity contribution < 1.29 is 4.74 Å². The van der Waals surface area contributed by atoms with Crippen molar-refractivity contribution >= 4 is 5.82 Å². The Hall–Kier alpha value is -1.36. The lowest BCUT2D eigenvalue weighted by Gasteiger charge is -2.38. The molecule has 0 amide bonds. The number of nitrogens with zero attached hydrogens (tertiary/aromatic N) is 3. The van der Waals surface area contributed by atoms with E-state index in [2.05, 4.69) is 28.7 Å². The van der Waals surface area contributed by atoms with Crippen LogP contribution >= 0.6 is 0 Å². The van der Waals surface area contributed by atoms with Crippen molar-refractivity contribution in [3.63, 3.8) is 0 Å². The van der Waals surface area contributed by atoms with Crippen molar-refractivity contribution in [3.05, 3.63) is 12.4 Å². The molecule has 0 saturated carbocycles. The minimum absolute atomic E-state index is 0.373. The summed E-state index contributed by atoms with van der Waals surface area (Å²) in [6, 6.07) is 2.30. The van der Waals surface area contributed by atoms with Gasteiger partial charge in [-0.2, -0.15) is 0 Å². The van der Waals surface area contributed by atoms with Crippen LogP contribution in [0.3, 0.4) is 0 Å². The fourth-order valence-electron chi connectivity index (χ4n) is 2.55. The van der Waals surface area contributed by atoms with E-state index in [1.807, 2.05) is 6.07 Å². The van der Waals surface area contributed by atoms with Gasteiger partial charge < -0.3 is 15.4 Å². The van der Waals surface area contributed by atoms with Crippen molar-refractivity contribution in [3.8, 4) is 5.88 Å². The molecule has 1 aliphatic rings. The molecule has 2 heterocycles. The third-order valence-electron chi connectivity index (χ3n) is 3.63. The first-order chi connectivity index (χ1) is 9.24. The molecular formula is C14H24N4O. The molecular weight excluding hydrogens is 240 g/mol. The van der Waals surface area contributed by atoms with Crippen molar-refractivity contribution in [2.75, 3.05) is 24.6 Å². The van der Waals surface area contributed by atoms with E-state index >= 15 is 0 Å². The van der Waals surface area contributed by atoms with Crippen LogP contribution in [0.4, 0.5) is 5.82 Å². The van der Waals surface area contributed by atoms with Gasteiger partial charge in [0.2, 0.25) is 5.88 Å². The van der Waals surface area contributed by atoms with Crippen molar-refractivity contribution in [1.82, 2.24) is 9.97 Å². The molecule has 2 rings (SSSR count). The Kier molecular flexibility index (Phi) is 4.96. The second-order valence-electron chi connectivity index (χ2n) is 5.28. The summed E-state index contributed by atoms with van der Waals surface area (Å²) >= 11 is 0. The lowest BCUT2D eigenvalue weighted by Crippen LogP contribution is -2.46. The maximum Gasteiger partial charge on any atom is 0.218 e. The second kappa shape index (κ2) is 6.70. The number of nitrogens with two attached hydrogens (primary N) is 1. The van der Waals surface area contributed by atoms with Crippen LogP contribution in [0.5, 0.6) is 5.88 Å². The van der Waals surface area contributed by atoms with Gasteiger partial charge in [-0.15, -0.1) is 0 Å². The number of aromatic nitrogens is 2. The summed E-state index contributed by atoms with van der Waals surface area (Å²) in [5, 5.41) is 0. The average molecular weight is 264 g/mol. The molecule has 2 N–H and O–H groups in total. The van der Waals surface area contributed by atoms with Gasteiger partial charge in [0, 0.05) is 25.2 Å². The van der Waals surface area contributed by atoms with E-state index in [4.69, 9.17) is 10.5 Å². The zero-order valence-corrected chi connectivity index (χ0v) is 11.9. The van der Waals surface area contributed by atoms with Gasteiger partial charge in [-0.3, -0.25) is 0 Å². The molecule has 2 unspecified atom stereocenters. The topological polar surface area (TPSA) is 64.3 Å². The summed E-state index contributed by atoms with van der Waals surface area (Å²) in [7, 11) is 0. The van der Waals surface area contributed by atoms with Crippen molar-refractivity contribution in [1.29, 1.82) is 0 Å². The number of hydrogen-bond acceptors (Lipinski definition) is 5. The summed E-state index contributed by atoms with van der Waals surface area (Å²) in [5.74, 6) is 2.33. The van der Waals surface area contributed by atoms with E-state index in [1.165, 1.54) is 6.42 Å². The summed E-state index contributed by atoms with van der Waals surface area (Å²) in [5.41, 5.74) is 5.90. The number of anilines is 1. The van der Waals surface area contributed by atoms with Gasteiger partial charge in [0.1, 0.15) is 12.1 Å². The van der Waals surface area contributed by atoms with E-state index in [9.17, 15) is 0 Å². The minimum atomic E-state index is 0.373. The zero-order chi connectivity index (χ0) is 13.7. The lowest BCUT2D eigenvalue weighted by molar-refractivity contribution is 0.304.